The summed E-state index contributed by atoms with van der Waals surface area (Å²) < 4.78 is 4.84. The Kier molecular flexibility index (Phi) is 6.80. The van der Waals surface area contributed by atoms with Crippen molar-refractivity contribution < 1.29 is 19.1 Å². The van der Waals surface area contributed by atoms with E-state index in [0.29, 0.717) is 19.5 Å². The monoisotopic (exact) mass is 263 g/mol. The summed E-state index contributed by atoms with van der Waals surface area (Å²) in [4.78, 5) is 35.9. The van der Waals surface area contributed by atoms with Gasteiger partial charge in [-0.1, -0.05) is 0 Å². The molecule has 0 aromatic carbocycles. The van der Waals surface area contributed by atoms with E-state index in [0.717, 1.165) is 0 Å². The molecule has 0 radical (unpaired) electrons. The number of rotatable bonds is 2. The number of hydrogen-bond acceptors (Lipinski definition) is 4. The summed E-state index contributed by atoms with van der Waals surface area (Å²) in [6, 6.07) is 0. The summed E-state index contributed by atoms with van der Waals surface area (Å²) >= 11 is 0. The van der Waals surface area contributed by atoms with Crippen LogP contribution in [0, 0.1) is 5.92 Å². The molecule has 1 heterocycles. The van der Waals surface area contributed by atoms with Crippen molar-refractivity contribution in [2.75, 3.05) is 19.7 Å². The number of ketones is 1. The minimum atomic E-state index is -0.690. The van der Waals surface area contributed by atoms with Crippen LogP contribution in [0.15, 0.2) is 0 Å². The number of carbonyl (C=O) groups is 3. The Balaban J connectivity index is 0.00000256. The quantitative estimate of drug-likeness (QED) is 0.546. The first-order chi connectivity index (χ1) is 7.56. The molecule has 0 spiro atoms. The van der Waals surface area contributed by atoms with E-state index < -0.39 is 11.9 Å². The van der Waals surface area contributed by atoms with E-state index in [4.69, 9.17) is 4.74 Å². The van der Waals surface area contributed by atoms with Crippen LogP contribution in [-0.4, -0.2) is 42.3 Å². The van der Waals surface area contributed by atoms with E-state index >= 15 is 0 Å². The van der Waals surface area contributed by atoms with E-state index in [2.05, 4.69) is 0 Å². The normalized spacial score (nSPS) is 20.2. The molecule has 0 bridgehead atoms. The molecule has 1 atom stereocenters. The van der Waals surface area contributed by atoms with E-state index in [-0.39, 0.29) is 37.1 Å². The molecule has 98 valence electrons. The maximum Gasteiger partial charge on any atom is 0.316 e. The molecule has 1 amide bonds. The Bertz CT molecular complexity index is 306. The van der Waals surface area contributed by atoms with Gasteiger partial charge in [-0.05, 0) is 13.3 Å². The van der Waals surface area contributed by atoms with Gasteiger partial charge < -0.3 is 9.64 Å². The topological polar surface area (TPSA) is 63.7 Å². The summed E-state index contributed by atoms with van der Waals surface area (Å²) in [6.45, 7) is 4.31. The maximum atomic E-state index is 11.7. The molecule has 0 N–H and O–H groups in total. The minimum Gasteiger partial charge on any atom is -0.465 e. The van der Waals surface area contributed by atoms with Crippen molar-refractivity contribution in [3.8, 4) is 0 Å². The molecular formula is C11H18ClNO4. The van der Waals surface area contributed by atoms with Crippen molar-refractivity contribution in [2.24, 2.45) is 5.92 Å². The molecule has 0 aliphatic carbocycles. The van der Waals surface area contributed by atoms with Crippen molar-refractivity contribution in [2.45, 2.75) is 26.7 Å². The Morgan fingerprint density at radius 2 is 2.06 bits per heavy atom. The van der Waals surface area contributed by atoms with Crippen LogP contribution < -0.4 is 0 Å². The van der Waals surface area contributed by atoms with Crippen molar-refractivity contribution in [1.29, 1.82) is 0 Å². The molecule has 1 rings (SSSR count). The van der Waals surface area contributed by atoms with Gasteiger partial charge in [0.15, 0.2) is 0 Å². The second kappa shape index (κ2) is 7.27. The molecule has 1 saturated heterocycles. The molecule has 1 unspecified atom stereocenters. The lowest BCUT2D eigenvalue weighted by molar-refractivity contribution is -0.151. The van der Waals surface area contributed by atoms with Crippen LogP contribution in [0.25, 0.3) is 0 Å². The molecule has 17 heavy (non-hydrogen) atoms. The minimum absolute atomic E-state index is 0. The van der Waals surface area contributed by atoms with Gasteiger partial charge in [-0.25, -0.2) is 0 Å². The molecule has 0 aromatic heterocycles. The summed E-state index contributed by atoms with van der Waals surface area (Å²) in [5.74, 6) is -1.33. The smallest absolute Gasteiger partial charge is 0.316 e. The Hall–Kier alpha value is -1.10. The van der Waals surface area contributed by atoms with Crippen molar-refractivity contribution in [1.82, 2.24) is 4.90 Å². The SMILES string of the molecule is CCOC(=O)C1CCN(C(C)=O)CCC1=O.Cl. The highest BCUT2D eigenvalue weighted by molar-refractivity contribution is 5.99. The number of amides is 1. The summed E-state index contributed by atoms with van der Waals surface area (Å²) in [5, 5.41) is 0. The van der Waals surface area contributed by atoms with Gasteiger partial charge in [0.05, 0.1) is 6.61 Å². The van der Waals surface area contributed by atoms with E-state index in [1.807, 2.05) is 0 Å². The highest BCUT2D eigenvalue weighted by atomic mass is 35.5. The first-order valence-corrected chi connectivity index (χ1v) is 5.51. The lowest BCUT2D eigenvalue weighted by Gasteiger charge is -2.17. The van der Waals surface area contributed by atoms with Gasteiger partial charge in [0.1, 0.15) is 11.7 Å². The molecule has 0 aromatic rings. The predicted molar refractivity (Wildman–Crippen MR) is 63.9 cm³/mol. The number of halogens is 1. The van der Waals surface area contributed by atoms with Crippen LogP contribution in [0.5, 0.6) is 0 Å². The standard InChI is InChI=1S/C11H17NO4.ClH/c1-3-16-11(15)9-4-6-12(8(2)13)7-5-10(9)14;/h9H,3-7H2,1-2H3;1H. The van der Waals surface area contributed by atoms with Crippen LogP contribution in [0.3, 0.4) is 0 Å². The van der Waals surface area contributed by atoms with Crippen molar-refractivity contribution in [3.63, 3.8) is 0 Å². The number of Topliss-reactive ketones (excluding diaryl/α,β-unsaturated/α-hetero) is 1. The molecule has 5 nitrogen and oxygen atoms in total. The predicted octanol–water partition coefficient (Wildman–Crippen LogP) is 0.799. The Labute approximate surface area is 107 Å². The fourth-order valence-corrected chi connectivity index (χ4v) is 1.78. The van der Waals surface area contributed by atoms with Gasteiger partial charge in [-0.2, -0.15) is 0 Å². The van der Waals surface area contributed by atoms with Crippen LogP contribution in [0.1, 0.15) is 26.7 Å². The fraction of sp³-hybridized carbons (Fsp3) is 0.727. The van der Waals surface area contributed by atoms with Crippen LogP contribution >= 0.6 is 12.4 Å². The second-order valence-corrected chi connectivity index (χ2v) is 3.82. The number of carbonyl (C=O) groups excluding carboxylic acids is 3. The third kappa shape index (κ3) is 4.34. The summed E-state index contributed by atoms with van der Waals surface area (Å²) in [6.07, 6.45) is 0.611. The molecule has 0 saturated carbocycles. The van der Waals surface area contributed by atoms with Crippen LogP contribution in [0.2, 0.25) is 0 Å². The molecule has 1 aliphatic heterocycles. The number of likely N-dealkylation sites (tertiary alicyclic amines) is 1. The van der Waals surface area contributed by atoms with Gasteiger partial charge in [0.25, 0.3) is 0 Å². The molecular weight excluding hydrogens is 246 g/mol. The first kappa shape index (κ1) is 15.9. The van der Waals surface area contributed by atoms with Gasteiger partial charge in [0.2, 0.25) is 5.91 Å². The second-order valence-electron chi connectivity index (χ2n) is 3.82. The van der Waals surface area contributed by atoms with Crippen molar-refractivity contribution in [3.05, 3.63) is 0 Å². The van der Waals surface area contributed by atoms with Crippen LogP contribution in [0.4, 0.5) is 0 Å². The zero-order chi connectivity index (χ0) is 12.1. The molecule has 6 heteroatoms. The molecule has 1 aliphatic rings. The number of esters is 1. The number of ether oxygens (including phenoxy) is 1. The summed E-state index contributed by atoms with van der Waals surface area (Å²) in [5.41, 5.74) is 0. The zero-order valence-electron chi connectivity index (χ0n) is 10.1. The third-order valence-electron chi connectivity index (χ3n) is 2.72. The maximum absolute atomic E-state index is 11.7. The largest absolute Gasteiger partial charge is 0.465 e. The zero-order valence-corrected chi connectivity index (χ0v) is 10.9. The highest BCUT2D eigenvalue weighted by Gasteiger charge is 2.31. The number of nitrogens with zero attached hydrogens (tertiary/aromatic N) is 1. The van der Waals surface area contributed by atoms with Gasteiger partial charge in [-0.3, -0.25) is 14.4 Å². The van der Waals surface area contributed by atoms with Crippen LogP contribution in [-0.2, 0) is 19.1 Å². The fourth-order valence-electron chi connectivity index (χ4n) is 1.78. The van der Waals surface area contributed by atoms with E-state index in [9.17, 15) is 14.4 Å². The highest BCUT2D eigenvalue weighted by Crippen LogP contribution is 2.16. The average molecular weight is 264 g/mol. The number of hydrogen-bond donors (Lipinski definition) is 0. The average Bonchev–Trinajstić information content (AvgIpc) is 2.40. The van der Waals surface area contributed by atoms with Gasteiger partial charge >= 0.3 is 5.97 Å². The lowest BCUT2D eigenvalue weighted by atomic mass is 10.00. The third-order valence-corrected chi connectivity index (χ3v) is 2.72. The first-order valence-electron chi connectivity index (χ1n) is 5.51. The Morgan fingerprint density at radius 3 is 2.59 bits per heavy atom. The van der Waals surface area contributed by atoms with E-state index in [1.165, 1.54) is 6.92 Å². The van der Waals surface area contributed by atoms with Crippen molar-refractivity contribution >= 4 is 30.1 Å². The van der Waals surface area contributed by atoms with Gasteiger partial charge in [0, 0.05) is 26.4 Å². The van der Waals surface area contributed by atoms with Gasteiger partial charge in [-0.15, -0.1) is 12.4 Å². The molecule has 1 fully saturated rings. The Morgan fingerprint density at radius 1 is 1.41 bits per heavy atom. The lowest BCUT2D eigenvalue weighted by Crippen LogP contribution is -2.30. The summed E-state index contributed by atoms with van der Waals surface area (Å²) in [7, 11) is 0. The van der Waals surface area contributed by atoms with E-state index in [1.54, 1.807) is 11.8 Å².